The van der Waals surface area contributed by atoms with E-state index in [1.165, 1.54) is 0 Å². The Morgan fingerprint density at radius 1 is 1.31 bits per heavy atom. The van der Waals surface area contributed by atoms with Crippen LogP contribution in [0.5, 0.6) is 11.5 Å². The number of nitrogens with one attached hydrogen (secondary N) is 1. The van der Waals surface area contributed by atoms with Gasteiger partial charge in [-0.2, -0.15) is 0 Å². The lowest BCUT2D eigenvalue weighted by Crippen LogP contribution is -2.56. The third-order valence-electron chi connectivity index (χ3n) is 6.25. The van der Waals surface area contributed by atoms with Gasteiger partial charge in [0.05, 0.1) is 19.1 Å². The van der Waals surface area contributed by atoms with E-state index in [1.54, 1.807) is 36.0 Å². The molecule has 172 valence electrons. The van der Waals surface area contributed by atoms with Gasteiger partial charge < -0.3 is 34.6 Å². The second-order valence-electron chi connectivity index (χ2n) is 8.88. The summed E-state index contributed by atoms with van der Waals surface area (Å²) in [5.74, 6) is -0.727. The Balaban J connectivity index is 1.31. The van der Waals surface area contributed by atoms with Crippen molar-refractivity contribution in [2.75, 3.05) is 33.7 Å². The van der Waals surface area contributed by atoms with Crippen LogP contribution in [0.4, 0.5) is 0 Å². The summed E-state index contributed by atoms with van der Waals surface area (Å²) in [5.41, 5.74) is 0.626. The van der Waals surface area contributed by atoms with E-state index in [1.807, 2.05) is 0 Å². The second-order valence-corrected chi connectivity index (χ2v) is 8.88. The number of carbonyl (C=O) groups excluding carboxylic acids is 2. The number of aromatic carboxylic acids is 1. The summed E-state index contributed by atoms with van der Waals surface area (Å²) in [6.45, 7) is 1.38. The molecule has 0 spiro atoms. The highest BCUT2D eigenvalue weighted by Crippen LogP contribution is 2.37. The fourth-order valence-corrected chi connectivity index (χ4v) is 4.45. The average Bonchev–Trinajstić information content (AvgIpc) is 3.16. The summed E-state index contributed by atoms with van der Waals surface area (Å²) in [6.07, 6.45) is 1.63. The summed E-state index contributed by atoms with van der Waals surface area (Å²) in [5, 5.41) is 22.6. The standard InChI is InChI=1S/C21H28BN3O7/c1-24(2)20(27)15-7-12(9-23-15)8-17(26)25-10-14(11-25)31-16-4-3-13-5-6-22(30)32-19(13)18(16)21(28)29/h3-4,12,14-15,23,30H,5-11H2,1-2H3,(H,28,29)/t12-,15?/m0/s1. The predicted octanol–water partition coefficient (Wildman–Crippen LogP) is -0.154. The van der Waals surface area contributed by atoms with Crippen molar-refractivity contribution in [2.45, 2.75) is 37.7 Å². The van der Waals surface area contributed by atoms with Gasteiger partial charge in [0.1, 0.15) is 23.2 Å². The van der Waals surface area contributed by atoms with Crippen LogP contribution < -0.4 is 14.7 Å². The molecule has 0 saturated carbocycles. The molecule has 2 saturated heterocycles. The first kappa shape index (κ1) is 22.4. The molecule has 0 bridgehead atoms. The molecule has 3 heterocycles. The molecule has 32 heavy (non-hydrogen) atoms. The van der Waals surface area contributed by atoms with Crippen molar-refractivity contribution in [3.8, 4) is 11.5 Å². The summed E-state index contributed by atoms with van der Waals surface area (Å²) < 4.78 is 11.2. The van der Waals surface area contributed by atoms with Crippen molar-refractivity contribution in [1.29, 1.82) is 0 Å². The van der Waals surface area contributed by atoms with Crippen LogP contribution in [0.3, 0.4) is 0 Å². The molecule has 4 rings (SSSR count). The number of amides is 2. The molecular weight excluding hydrogens is 417 g/mol. The molecule has 2 atom stereocenters. The molecule has 0 aliphatic carbocycles. The Bertz CT molecular complexity index is 919. The molecule has 3 aliphatic rings. The number of likely N-dealkylation sites (N-methyl/N-ethyl adjacent to an activating group) is 1. The molecule has 10 nitrogen and oxygen atoms in total. The maximum absolute atomic E-state index is 12.6. The van der Waals surface area contributed by atoms with E-state index in [-0.39, 0.29) is 46.9 Å². The Hall–Kier alpha value is -2.79. The van der Waals surface area contributed by atoms with Crippen molar-refractivity contribution in [1.82, 2.24) is 15.1 Å². The van der Waals surface area contributed by atoms with Gasteiger partial charge in [-0.25, -0.2) is 4.79 Å². The van der Waals surface area contributed by atoms with Crippen LogP contribution in [-0.2, 0) is 16.0 Å². The maximum Gasteiger partial charge on any atom is 0.522 e. The molecule has 0 radical (unpaired) electrons. The lowest BCUT2D eigenvalue weighted by molar-refractivity contribution is -0.141. The fraction of sp³-hybridized carbons (Fsp3) is 0.571. The van der Waals surface area contributed by atoms with E-state index in [0.29, 0.717) is 45.2 Å². The Labute approximate surface area is 186 Å². The van der Waals surface area contributed by atoms with Gasteiger partial charge in [-0.05, 0) is 43.3 Å². The van der Waals surface area contributed by atoms with Crippen molar-refractivity contribution in [3.05, 3.63) is 23.3 Å². The van der Waals surface area contributed by atoms with Gasteiger partial charge in [0.2, 0.25) is 11.8 Å². The van der Waals surface area contributed by atoms with Crippen LogP contribution in [0.25, 0.3) is 0 Å². The van der Waals surface area contributed by atoms with E-state index in [2.05, 4.69) is 5.32 Å². The first-order valence-corrected chi connectivity index (χ1v) is 10.9. The zero-order chi connectivity index (χ0) is 23.0. The number of likely N-dealkylation sites (tertiary alicyclic amines) is 1. The molecule has 2 fully saturated rings. The van der Waals surface area contributed by atoms with Gasteiger partial charge in [0.15, 0.2) is 0 Å². The molecule has 0 aromatic heterocycles. The second kappa shape index (κ2) is 8.99. The number of ether oxygens (including phenoxy) is 1. The first-order chi connectivity index (χ1) is 15.2. The summed E-state index contributed by atoms with van der Waals surface area (Å²) in [4.78, 5) is 39.7. The van der Waals surface area contributed by atoms with Crippen LogP contribution in [0.1, 0.15) is 28.8 Å². The summed E-state index contributed by atoms with van der Waals surface area (Å²) in [7, 11) is 2.40. The topological polar surface area (TPSA) is 129 Å². The number of carbonyl (C=O) groups is 3. The molecule has 3 aliphatic heterocycles. The minimum Gasteiger partial charge on any atom is -0.535 e. The molecule has 1 aromatic rings. The Kier molecular flexibility index (Phi) is 6.30. The zero-order valence-corrected chi connectivity index (χ0v) is 18.2. The number of nitrogens with zero attached hydrogens (tertiary/aromatic N) is 2. The van der Waals surface area contributed by atoms with Crippen molar-refractivity contribution < 1.29 is 33.9 Å². The fourth-order valence-electron chi connectivity index (χ4n) is 4.45. The normalized spacial score (nSPS) is 22.6. The highest BCUT2D eigenvalue weighted by molar-refractivity contribution is 6.44. The smallest absolute Gasteiger partial charge is 0.522 e. The van der Waals surface area contributed by atoms with E-state index < -0.39 is 13.1 Å². The first-order valence-electron chi connectivity index (χ1n) is 10.9. The lowest BCUT2D eigenvalue weighted by atomic mass is 9.78. The number of carboxylic acids is 1. The number of hydrogen-bond acceptors (Lipinski definition) is 7. The van der Waals surface area contributed by atoms with Gasteiger partial charge in [0, 0.05) is 20.5 Å². The van der Waals surface area contributed by atoms with E-state index >= 15 is 0 Å². The van der Waals surface area contributed by atoms with Gasteiger partial charge in [-0.1, -0.05) is 6.07 Å². The molecule has 2 amide bonds. The van der Waals surface area contributed by atoms with Crippen LogP contribution in [0.2, 0.25) is 6.32 Å². The average molecular weight is 445 g/mol. The zero-order valence-electron chi connectivity index (χ0n) is 18.2. The highest BCUT2D eigenvalue weighted by Gasteiger charge is 2.38. The number of hydrogen-bond donors (Lipinski definition) is 3. The number of fused-ring (bicyclic) bond motifs is 1. The minimum atomic E-state index is -1.19. The highest BCUT2D eigenvalue weighted by atomic mass is 16.5. The molecular formula is C21H28BN3O7. The van der Waals surface area contributed by atoms with E-state index in [0.717, 1.165) is 5.56 Å². The predicted molar refractivity (Wildman–Crippen MR) is 115 cm³/mol. The quantitative estimate of drug-likeness (QED) is 0.516. The SMILES string of the molecule is CN(C)C(=O)C1C[C@@H](CC(=O)N2CC(Oc3ccc4c(c3C(=O)O)OB(O)CC4)C2)CN1. The maximum atomic E-state index is 12.6. The molecule has 3 N–H and O–H groups in total. The number of rotatable bonds is 6. The van der Waals surface area contributed by atoms with Crippen LogP contribution >= 0.6 is 0 Å². The van der Waals surface area contributed by atoms with Crippen LogP contribution in [-0.4, -0.2) is 90.7 Å². The summed E-state index contributed by atoms with van der Waals surface area (Å²) >= 11 is 0. The van der Waals surface area contributed by atoms with Crippen LogP contribution in [0, 0.1) is 5.92 Å². The Morgan fingerprint density at radius 3 is 2.75 bits per heavy atom. The molecule has 1 unspecified atom stereocenters. The van der Waals surface area contributed by atoms with Crippen LogP contribution in [0.15, 0.2) is 12.1 Å². The number of benzene rings is 1. The third-order valence-corrected chi connectivity index (χ3v) is 6.25. The number of aryl methyl sites for hydroxylation is 1. The minimum absolute atomic E-state index is 0.00459. The van der Waals surface area contributed by atoms with Crippen molar-refractivity contribution in [2.24, 2.45) is 5.92 Å². The van der Waals surface area contributed by atoms with Crippen molar-refractivity contribution >= 4 is 24.9 Å². The van der Waals surface area contributed by atoms with Gasteiger partial charge in [-0.15, -0.1) is 0 Å². The van der Waals surface area contributed by atoms with Gasteiger partial charge in [-0.3, -0.25) is 9.59 Å². The van der Waals surface area contributed by atoms with E-state index in [4.69, 9.17) is 9.39 Å². The largest absolute Gasteiger partial charge is 0.535 e. The van der Waals surface area contributed by atoms with Gasteiger partial charge in [0.25, 0.3) is 0 Å². The third kappa shape index (κ3) is 4.54. The molecule has 11 heteroatoms. The lowest BCUT2D eigenvalue weighted by Gasteiger charge is -2.39. The monoisotopic (exact) mass is 445 g/mol. The Morgan fingerprint density at radius 2 is 2.06 bits per heavy atom. The summed E-state index contributed by atoms with van der Waals surface area (Å²) in [6, 6.07) is 3.12. The van der Waals surface area contributed by atoms with Gasteiger partial charge >= 0.3 is 13.1 Å². The number of carboxylic acid groups (broad SMARTS) is 1. The molecule has 1 aromatic carbocycles. The van der Waals surface area contributed by atoms with E-state index in [9.17, 15) is 24.5 Å². The van der Waals surface area contributed by atoms with Crippen molar-refractivity contribution in [3.63, 3.8) is 0 Å².